The van der Waals surface area contributed by atoms with Crippen LogP contribution >= 0.6 is 15.9 Å². The average Bonchev–Trinajstić information content (AvgIpc) is 3.46. The molecular formula is C29H27BrFN7O2. The minimum absolute atomic E-state index is 0.129. The van der Waals surface area contributed by atoms with Crippen molar-refractivity contribution in [3.05, 3.63) is 97.1 Å². The molecule has 204 valence electrons. The standard InChI is InChI=1S/C29H27BrFN7O2/c1-15-8-19(6-7-22(15)30)27(39)36-13-24-21(10-17(36)3)28(40)37(29(33-24)38-18(4)9-16(2)34-38)20-11-23(31)26-25(12-20)35(5)14-32-26/h6-9,11-12,14,17H,10,13H2,1-5H3. The number of imidazole rings is 1. The van der Waals surface area contributed by atoms with E-state index in [2.05, 4.69) is 26.0 Å². The monoisotopic (exact) mass is 603 g/mol. The molecule has 0 saturated carbocycles. The van der Waals surface area contributed by atoms with E-state index in [9.17, 15) is 9.59 Å². The van der Waals surface area contributed by atoms with Gasteiger partial charge in [-0.3, -0.25) is 9.59 Å². The van der Waals surface area contributed by atoms with Gasteiger partial charge < -0.3 is 9.47 Å². The number of carbonyl (C=O) groups excluding carboxylic acids is 1. The third-order valence-corrected chi connectivity index (χ3v) is 8.38. The number of rotatable bonds is 3. The van der Waals surface area contributed by atoms with Crippen LogP contribution in [0, 0.1) is 26.6 Å². The van der Waals surface area contributed by atoms with Gasteiger partial charge in [0.1, 0.15) is 5.52 Å². The molecule has 1 atom stereocenters. The van der Waals surface area contributed by atoms with E-state index >= 15 is 4.39 Å². The number of halogens is 2. The van der Waals surface area contributed by atoms with Gasteiger partial charge in [-0.05, 0) is 70.0 Å². The van der Waals surface area contributed by atoms with Gasteiger partial charge in [0.05, 0.1) is 35.5 Å². The van der Waals surface area contributed by atoms with Gasteiger partial charge in [-0.1, -0.05) is 15.9 Å². The van der Waals surface area contributed by atoms with Crippen LogP contribution in [0.1, 0.15) is 45.5 Å². The number of hydrogen-bond acceptors (Lipinski definition) is 5. The highest BCUT2D eigenvalue weighted by molar-refractivity contribution is 9.10. The van der Waals surface area contributed by atoms with E-state index in [4.69, 9.17) is 4.98 Å². The van der Waals surface area contributed by atoms with Crippen LogP contribution in [-0.2, 0) is 20.0 Å². The lowest BCUT2D eigenvalue weighted by atomic mass is 9.98. The van der Waals surface area contributed by atoms with Crippen molar-refractivity contribution in [3.8, 4) is 11.6 Å². The van der Waals surface area contributed by atoms with Crippen molar-refractivity contribution in [2.45, 2.75) is 46.7 Å². The predicted octanol–water partition coefficient (Wildman–Crippen LogP) is 4.72. The Balaban J connectivity index is 1.54. The van der Waals surface area contributed by atoms with Gasteiger partial charge in [0.15, 0.2) is 5.82 Å². The van der Waals surface area contributed by atoms with E-state index in [-0.39, 0.29) is 35.5 Å². The van der Waals surface area contributed by atoms with E-state index < -0.39 is 5.82 Å². The van der Waals surface area contributed by atoms with Crippen molar-refractivity contribution in [2.75, 3.05) is 0 Å². The molecule has 40 heavy (non-hydrogen) atoms. The van der Waals surface area contributed by atoms with Gasteiger partial charge in [-0.15, -0.1) is 0 Å². The molecule has 0 bridgehead atoms. The van der Waals surface area contributed by atoms with Gasteiger partial charge in [0.25, 0.3) is 11.5 Å². The second kappa shape index (κ2) is 9.51. The van der Waals surface area contributed by atoms with Gasteiger partial charge in [-0.25, -0.2) is 23.6 Å². The molecule has 1 amide bonds. The maximum Gasteiger partial charge on any atom is 0.263 e. The lowest BCUT2D eigenvalue weighted by molar-refractivity contribution is 0.0652. The summed E-state index contributed by atoms with van der Waals surface area (Å²) in [4.78, 5) is 38.6. The maximum absolute atomic E-state index is 15.2. The number of hydrogen-bond donors (Lipinski definition) is 0. The Morgan fingerprint density at radius 1 is 1.12 bits per heavy atom. The molecule has 1 aliphatic heterocycles. The van der Waals surface area contributed by atoms with Gasteiger partial charge in [0, 0.05) is 40.4 Å². The first kappa shape index (κ1) is 26.1. The summed E-state index contributed by atoms with van der Waals surface area (Å²) in [5.74, 6) is -0.431. The molecule has 11 heteroatoms. The quantitative estimate of drug-likeness (QED) is 0.298. The van der Waals surface area contributed by atoms with Crippen LogP contribution in [0.15, 0.2) is 52.0 Å². The van der Waals surface area contributed by atoms with Gasteiger partial charge in [-0.2, -0.15) is 5.10 Å². The first-order valence-corrected chi connectivity index (χ1v) is 13.7. The van der Waals surface area contributed by atoms with Gasteiger partial charge in [0.2, 0.25) is 5.95 Å². The Kier molecular flexibility index (Phi) is 6.21. The molecule has 6 rings (SSSR count). The van der Waals surface area contributed by atoms with Gasteiger partial charge >= 0.3 is 0 Å². The number of aryl methyl sites for hydroxylation is 4. The van der Waals surface area contributed by atoms with Crippen LogP contribution in [0.2, 0.25) is 0 Å². The molecule has 5 aromatic rings. The second-order valence-corrected chi connectivity index (χ2v) is 11.3. The number of aromatic nitrogens is 6. The predicted molar refractivity (Wildman–Crippen MR) is 153 cm³/mol. The summed E-state index contributed by atoms with van der Waals surface area (Å²) in [7, 11) is 1.77. The second-order valence-electron chi connectivity index (χ2n) is 10.4. The fourth-order valence-corrected chi connectivity index (χ4v) is 5.62. The van der Waals surface area contributed by atoms with E-state index in [0.717, 1.165) is 21.4 Å². The molecule has 0 saturated heterocycles. The smallest absolute Gasteiger partial charge is 0.263 e. The molecule has 4 heterocycles. The fourth-order valence-electron chi connectivity index (χ4n) is 5.37. The maximum atomic E-state index is 15.2. The van der Waals surface area contributed by atoms with Crippen molar-refractivity contribution < 1.29 is 9.18 Å². The van der Waals surface area contributed by atoms with E-state index in [0.29, 0.717) is 34.4 Å². The lowest BCUT2D eigenvalue weighted by Gasteiger charge is -2.34. The summed E-state index contributed by atoms with van der Waals surface area (Å²) < 4.78 is 20.8. The highest BCUT2D eigenvalue weighted by Gasteiger charge is 2.33. The first-order valence-electron chi connectivity index (χ1n) is 12.9. The molecule has 0 radical (unpaired) electrons. The Morgan fingerprint density at radius 2 is 1.90 bits per heavy atom. The molecule has 1 aliphatic rings. The third-order valence-electron chi connectivity index (χ3n) is 7.49. The van der Waals surface area contributed by atoms with Crippen molar-refractivity contribution in [1.82, 2.24) is 33.8 Å². The number of amides is 1. The number of carbonyl (C=O) groups is 1. The normalized spacial score (nSPS) is 15.1. The fraction of sp³-hybridized carbons (Fsp3) is 0.276. The summed E-state index contributed by atoms with van der Waals surface area (Å²) >= 11 is 3.49. The molecule has 2 aromatic carbocycles. The molecule has 0 aliphatic carbocycles. The molecule has 0 N–H and O–H groups in total. The highest BCUT2D eigenvalue weighted by atomic mass is 79.9. The summed E-state index contributed by atoms with van der Waals surface area (Å²) in [5.41, 5.74) is 4.84. The third kappa shape index (κ3) is 4.16. The Morgan fingerprint density at radius 3 is 2.60 bits per heavy atom. The SMILES string of the molecule is Cc1cc(C)n(-c2nc3c(c(=O)n2-c2cc(F)c4ncn(C)c4c2)CC(C)N(C(=O)c2ccc(Br)c(C)c2)C3)n1. The van der Waals surface area contributed by atoms with Crippen molar-refractivity contribution in [1.29, 1.82) is 0 Å². The zero-order valence-electron chi connectivity index (χ0n) is 22.7. The van der Waals surface area contributed by atoms with Crippen molar-refractivity contribution in [2.24, 2.45) is 7.05 Å². The topological polar surface area (TPSA) is 90.8 Å². The Labute approximate surface area is 238 Å². The zero-order chi connectivity index (χ0) is 28.5. The summed E-state index contributed by atoms with van der Waals surface area (Å²) in [6, 6.07) is 10.2. The number of benzene rings is 2. The van der Waals surface area contributed by atoms with E-state index in [1.165, 1.54) is 17.0 Å². The van der Waals surface area contributed by atoms with Crippen LogP contribution in [0.4, 0.5) is 4.39 Å². The molecular weight excluding hydrogens is 577 g/mol. The lowest BCUT2D eigenvalue weighted by Crippen LogP contribution is -2.46. The Bertz CT molecular complexity index is 1900. The van der Waals surface area contributed by atoms with E-state index in [1.54, 1.807) is 33.3 Å². The molecule has 0 spiro atoms. The van der Waals surface area contributed by atoms with Crippen LogP contribution in [-0.4, -0.2) is 45.7 Å². The Hall–Kier alpha value is -4.12. The number of fused-ring (bicyclic) bond motifs is 2. The number of nitrogens with zero attached hydrogens (tertiary/aromatic N) is 7. The molecule has 9 nitrogen and oxygen atoms in total. The summed E-state index contributed by atoms with van der Waals surface area (Å²) in [6.07, 6.45) is 1.85. The average molecular weight is 604 g/mol. The molecule has 3 aromatic heterocycles. The van der Waals surface area contributed by atoms with E-state index in [1.807, 2.05) is 45.9 Å². The van der Waals surface area contributed by atoms with Crippen molar-refractivity contribution >= 4 is 32.9 Å². The minimum Gasteiger partial charge on any atom is -0.334 e. The van der Waals surface area contributed by atoms with Crippen LogP contribution in [0.5, 0.6) is 0 Å². The molecule has 0 fully saturated rings. The minimum atomic E-state index is -0.535. The largest absolute Gasteiger partial charge is 0.334 e. The first-order chi connectivity index (χ1) is 19.0. The van der Waals surface area contributed by atoms with Crippen LogP contribution in [0.25, 0.3) is 22.7 Å². The molecule has 1 unspecified atom stereocenters. The summed E-state index contributed by atoms with van der Waals surface area (Å²) in [6.45, 7) is 7.75. The highest BCUT2D eigenvalue weighted by Crippen LogP contribution is 2.27. The van der Waals surface area contributed by atoms with Crippen molar-refractivity contribution in [3.63, 3.8) is 0 Å². The van der Waals surface area contributed by atoms with Crippen LogP contribution in [0.3, 0.4) is 0 Å². The zero-order valence-corrected chi connectivity index (χ0v) is 24.3. The van der Waals surface area contributed by atoms with Crippen LogP contribution < -0.4 is 5.56 Å². The summed E-state index contributed by atoms with van der Waals surface area (Å²) in [5, 5.41) is 4.58.